The quantitative estimate of drug-likeness (QED) is 0.775. The molecule has 1 unspecified atom stereocenters. The maximum absolute atomic E-state index is 11.7. The van der Waals surface area contributed by atoms with Gasteiger partial charge in [-0.15, -0.1) is 0 Å². The van der Waals surface area contributed by atoms with Gasteiger partial charge in [-0.2, -0.15) is 0 Å². The summed E-state index contributed by atoms with van der Waals surface area (Å²) in [4.78, 5) is 22.7. The second kappa shape index (κ2) is 4.47. The fourth-order valence-electron chi connectivity index (χ4n) is 3.00. The topological polar surface area (TPSA) is 55.3 Å². The smallest absolute Gasteiger partial charge is 0.341 e. The molecule has 0 amide bonds. The van der Waals surface area contributed by atoms with Crippen molar-refractivity contribution in [3.05, 3.63) is 17.5 Å². The first-order valence-corrected chi connectivity index (χ1v) is 6.87. The van der Waals surface area contributed by atoms with E-state index < -0.39 is 0 Å². The minimum atomic E-state index is -0.343. The predicted octanol–water partition coefficient (Wildman–Crippen LogP) is 1.66. The Labute approximate surface area is 113 Å². The van der Waals surface area contributed by atoms with Crippen molar-refractivity contribution in [1.29, 1.82) is 0 Å². The molecule has 1 aliphatic heterocycles. The van der Waals surface area contributed by atoms with E-state index in [0.29, 0.717) is 17.9 Å². The second-order valence-corrected chi connectivity index (χ2v) is 5.48. The van der Waals surface area contributed by atoms with Crippen molar-refractivity contribution < 1.29 is 9.53 Å². The highest BCUT2D eigenvalue weighted by Crippen LogP contribution is 2.51. The van der Waals surface area contributed by atoms with Gasteiger partial charge in [0.05, 0.1) is 17.9 Å². The molecule has 0 bridgehead atoms. The van der Waals surface area contributed by atoms with Crippen LogP contribution in [0.5, 0.6) is 0 Å². The fourth-order valence-corrected chi connectivity index (χ4v) is 3.00. The highest BCUT2D eigenvalue weighted by Gasteiger charge is 2.53. The van der Waals surface area contributed by atoms with Gasteiger partial charge in [0.25, 0.3) is 0 Å². The monoisotopic (exact) mass is 261 g/mol. The van der Waals surface area contributed by atoms with Gasteiger partial charge >= 0.3 is 5.97 Å². The van der Waals surface area contributed by atoms with E-state index in [1.54, 1.807) is 13.1 Å². The van der Waals surface area contributed by atoms with Crippen molar-refractivity contribution in [3.8, 4) is 0 Å². The van der Waals surface area contributed by atoms with Crippen LogP contribution in [0.15, 0.2) is 6.20 Å². The SMILES string of the molecule is CCOC(=O)c1cnc(N2C[C@@H]3C(C)[C@@H]3C2)nc1C. The third-order valence-corrected chi connectivity index (χ3v) is 4.37. The molecule has 0 aromatic carbocycles. The zero-order valence-electron chi connectivity index (χ0n) is 11.6. The van der Waals surface area contributed by atoms with Crippen molar-refractivity contribution in [2.75, 3.05) is 24.6 Å². The summed E-state index contributed by atoms with van der Waals surface area (Å²) in [5.74, 6) is 2.88. The number of hydrogen-bond acceptors (Lipinski definition) is 5. The highest BCUT2D eigenvalue weighted by atomic mass is 16.5. The molecule has 3 atom stereocenters. The lowest BCUT2D eigenvalue weighted by molar-refractivity contribution is 0.0524. The lowest BCUT2D eigenvalue weighted by Crippen LogP contribution is -2.26. The van der Waals surface area contributed by atoms with Crippen LogP contribution in [0, 0.1) is 24.7 Å². The molecule has 1 aliphatic carbocycles. The number of carbonyl (C=O) groups excluding carboxylic acids is 1. The molecular weight excluding hydrogens is 242 g/mol. The van der Waals surface area contributed by atoms with E-state index in [2.05, 4.69) is 21.8 Å². The summed E-state index contributed by atoms with van der Waals surface area (Å²) in [6, 6.07) is 0. The number of esters is 1. The molecule has 1 aromatic rings. The molecule has 2 fully saturated rings. The molecule has 0 N–H and O–H groups in total. The number of nitrogens with zero attached hydrogens (tertiary/aromatic N) is 3. The van der Waals surface area contributed by atoms with Crippen LogP contribution in [0.4, 0.5) is 5.95 Å². The van der Waals surface area contributed by atoms with Crippen LogP contribution in [0.25, 0.3) is 0 Å². The van der Waals surface area contributed by atoms with Crippen molar-refractivity contribution in [3.63, 3.8) is 0 Å². The molecule has 1 aromatic heterocycles. The minimum absolute atomic E-state index is 0.343. The number of rotatable bonds is 3. The standard InChI is InChI=1S/C14H19N3O2/c1-4-19-13(18)10-5-15-14(16-9(10)3)17-6-11-8(2)12(11)7-17/h5,8,11-12H,4,6-7H2,1-3H3/t8?,11-,12+. The number of anilines is 1. The Morgan fingerprint density at radius 1 is 1.47 bits per heavy atom. The van der Waals surface area contributed by atoms with Gasteiger partial charge in [0.2, 0.25) is 5.95 Å². The van der Waals surface area contributed by atoms with Crippen LogP contribution < -0.4 is 4.90 Å². The van der Waals surface area contributed by atoms with Gasteiger partial charge in [-0.05, 0) is 31.6 Å². The molecular formula is C14H19N3O2. The van der Waals surface area contributed by atoms with Gasteiger partial charge in [0, 0.05) is 19.3 Å². The molecule has 19 heavy (non-hydrogen) atoms. The number of aryl methyl sites for hydroxylation is 1. The Morgan fingerprint density at radius 3 is 2.74 bits per heavy atom. The maximum Gasteiger partial charge on any atom is 0.341 e. The third-order valence-electron chi connectivity index (χ3n) is 4.37. The molecule has 2 heterocycles. The Morgan fingerprint density at radius 2 is 2.16 bits per heavy atom. The molecule has 102 valence electrons. The first kappa shape index (κ1) is 12.4. The average Bonchev–Trinajstić information content (AvgIpc) is 2.82. The zero-order valence-corrected chi connectivity index (χ0v) is 11.6. The number of aromatic nitrogens is 2. The van der Waals surface area contributed by atoms with E-state index >= 15 is 0 Å². The predicted molar refractivity (Wildman–Crippen MR) is 71.1 cm³/mol. The van der Waals surface area contributed by atoms with E-state index in [-0.39, 0.29) is 5.97 Å². The molecule has 0 radical (unpaired) electrons. The van der Waals surface area contributed by atoms with Gasteiger partial charge < -0.3 is 9.64 Å². The maximum atomic E-state index is 11.7. The number of carbonyl (C=O) groups is 1. The normalized spacial score (nSPS) is 28.2. The number of ether oxygens (including phenoxy) is 1. The van der Waals surface area contributed by atoms with E-state index in [4.69, 9.17) is 4.74 Å². The lowest BCUT2D eigenvalue weighted by Gasteiger charge is -2.19. The van der Waals surface area contributed by atoms with E-state index in [1.807, 2.05) is 6.92 Å². The van der Waals surface area contributed by atoms with Gasteiger partial charge in [0.15, 0.2) is 0 Å². The summed E-state index contributed by atoms with van der Waals surface area (Å²) in [7, 11) is 0. The largest absolute Gasteiger partial charge is 0.462 e. The lowest BCUT2D eigenvalue weighted by atomic mass is 10.2. The highest BCUT2D eigenvalue weighted by molar-refractivity contribution is 5.90. The van der Waals surface area contributed by atoms with Gasteiger partial charge in [-0.1, -0.05) is 6.92 Å². The number of piperidine rings is 1. The van der Waals surface area contributed by atoms with Gasteiger partial charge in [-0.25, -0.2) is 14.8 Å². The second-order valence-electron chi connectivity index (χ2n) is 5.48. The summed E-state index contributed by atoms with van der Waals surface area (Å²) < 4.78 is 4.98. The van der Waals surface area contributed by atoms with Crippen LogP contribution in [0.2, 0.25) is 0 Å². The van der Waals surface area contributed by atoms with Gasteiger partial charge in [-0.3, -0.25) is 0 Å². The molecule has 1 saturated heterocycles. The molecule has 0 spiro atoms. The molecule has 5 nitrogen and oxygen atoms in total. The Bertz CT molecular complexity index is 505. The Balaban J connectivity index is 1.75. The summed E-state index contributed by atoms with van der Waals surface area (Å²) in [5, 5.41) is 0. The van der Waals surface area contributed by atoms with Crippen LogP contribution in [0.3, 0.4) is 0 Å². The molecule has 1 saturated carbocycles. The van der Waals surface area contributed by atoms with Crippen molar-refractivity contribution in [2.45, 2.75) is 20.8 Å². The molecule has 5 heteroatoms. The van der Waals surface area contributed by atoms with Crippen LogP contribution in [-0.4, -0.2) is 35.6 Å². The van der Waals surface area contributed by atoms with Crippen LogP contribution in [-0.2, 0) is 4.74 Å². The summed E-state index contributed by atoms with van der Waals surface area (Å²) in [6.45, 7) is 8.39. The number of hydrogen-bond donors (Lipinski definition) is 0. The molecule has 3 rings (SSSR count). The third kappa shape index (κ3) is 2.07. The Hall–Kier alpha value is -1.65. The fraction of sp³-hybridized carbons (Fsp3) is 0.643. The summed E-state index contributed by atoms with van der Waals surface area (Å²) in [6.07, 6.45) is 1.59. The van der Waals surface area contributed by atoms with Crippen LogP contribution >= 0.6 is 0 Å². The van der Waals surface area contributed by atoms with E-state index in [0.717, 1.165) is 36.8 Å². The first-order valence-electron chi connectivity index (χ1n) is 6.87. The zero-order chi connectivity index (χ0) is 13.6. The van der Waals surface area contributed by atoms with Crippen molar-refractivity contribution in [1.82, 2.24) is 9.97 Å². The van der Waals surface area contributed by atoms with E-state index in [9.17, 15) is 4.79 Å². The number of fused-ring (bicyclic) bond motifs is 1. The van der Waals surface area contributed by atoms with E-state index in [1.165, 1.54) is 0 Å². The van der Waals surface area contributed by atoms with Gasteiger partial charge in [0.1, 0.15) is 0 Å². The van der Waals surface area contributed by atoms with Crippen LogP contribution in [0.1, 0.15) is 29.9 Å². The Kier molecular flexibility index (Phi) is 2.92. The first-order chi connectivity index (χ1) is 9.11. The summed E-state index contributed by atoms with van der Waals surface area (Å²) in [5.41, 5.74) is 1.15. The average molecular weight is 261 g/mol. The van der Waals surface area contributed by atoms with Crippen molar-refractivity contribution >= 4 is 11.9 Å². The molecule has 2 aliphatic rings. The minimum Gasteiger partial charge on any atom is -0.462 e. The van der Waals surface area contributed by atoms with Crippen molar-refractivity contribution in [2.24, 2.45) is 17.8 Å². The summed E-state index contributed by atoms with van der Waals surface area (Å²) >= 11 is 0.